The van der Waals surface area contributed by atoms with Crippen molar-refractivity contribution in [2.75, 3.05) is 58.1 Å². The number of nitrogens with zero attached hydrogens (tertiary/aromatic N) is 3. The maximum atomic E-state index is 12.1. The second-order valence-electron chi connectivity index (χ2n) is 7.88. The molecule has 0 spiro atoms. The lowest BCUT2D eigenvalue weighted by molar-refractivity contribution is 0.164. The van der Waals surface area contributed by atoms with E-state index < -0.39 is 10.0 Å². The minimum atomic E-state index is -3.23. The minimum absolute atomic E-state index is 0. The van der Waals surface area contributed by atoms with E-state index >= 15 is 0 Å². The fourth-order valence-corrected chi connectivity index (χ4v) is 4.34. The standard InChI is InChI=1S/C18H37N5O2S.HI/c1-4-19-18(23-11-9-22(10-12-23)15-16(2)3)20-8-13-26(24,25)21-14-17-6-5-7-17;/h16-17,21H,4-15H2,1-3H3,(H,19,20);1H. The van der Waals surface area contributed by atoms with Gasteiger partial charge in [-0.1, -0.05) is 20.3 Å². The van der Waals surface area contributed by atoms with E-state index in [0.29, 0.717) is 24.9 Å². The van der Waals surface area contributed by atoms with E-state index in [1.165, 1.54) is 6.42 Å². The van der Waals surface area contributed by atoms with Gasteiger partial charge in [-0.15, -0.1) is 24.0 Å². The number of sulfonamides is 1. The molecular formula is C18H38IN5O2S. The van der Waals surface area contributed by atoms with Crippen molar-refractivity contribution in [3.05, 3.63) is 0 Å². The van der Waals surface area contributed by atoms with Crippen LogP contribution in [0.25, 0.3) is 0 Å². The molecule has 0 amide bonds. The zero-order chi connectivity index (χ0) is 19.0. The van der Waals surface area contributed by atoms with Gasteiger partial charge in [-0.2, -0.15) is 0 Å². The molecule has 2 aliphatic rings. The maximum absolute atomic E-state index is 12.1. The van der Waals surface area contributed by atoms with Gasteiger partial charge in [0.05, 0.1) is 12.3 Å². The van der Waals surface area contributed by atoms with Crippen molar-refractivity contribution in [3.63, 3.8) is 0 Å². The zero-order valence-corrected chi connectivity index (χ0v) is 20.3. The van der Waals surface area contributed by atoms with Crippen LogP contribution in [0.3, 0.4) is 0 Å². The molecule has 1 heterocycles. The summed E-state index contributed by atoms with van der Waals surface area (Å²) < 4.78 is 27.0. The largest absolute Gasteiger partial charge is 0.357 e. The van der Waals surface area contributed by atoms with Crippen molar-refractivity contribution in [2.24, 2.45) is 16.8 Å². The second kappa shape index (κ2) is 12.4. The summed E-state index contributed by atoms with van der Waals surface area (Å²) >= 11 is 0. The molecule has 160 valence electrons. The molecule has 1 saturated carbocycles. The average molecular weight is 516 g/mol. The number of hydrogen-bond donors (Lipinski definition) is 2. The van der Waals surface area contributed by atoms with Gasteiger partial charge in [0, 0.05) is 45.8 Å². The predicted octanol–water partition coefficient (Wildman–Crippen LogP) is 1.56. The Morgan fingerprint density at radius 3 is 2.37 bits per heavy atom. The Hall–Kier alpha value is -0.130. The highest BCUT2D eigenvalue weighted by molar-refractivity contribution is 14.0. The Bertz CT molecular complexity index is 544. The molecule has 0 bridgehead atoms. The van der Waals surface area contributed by atoms with Crippen molar-refractivity contribution in [1.29, 1.82) is 0 Å². The number of rotatable bonds is 9. The van der Waals surface area contributed by atoms with Crippen LogP contribution in [0.2, 0.25) is 0 Å². The lowest BCUT2D eigenvalue weighted by Gasteiger charge is -2.37. The number of piperazine rings is 1. The topological polar surface area (TPSA) is 77.0 Å². The molecule has 2 fully saturated rings. The first kappa shape index (κ1) is 24.9. The molecule has 7 nitrogen and oxygen atoms in total. The van der Waals surface area contributed by atoms with E-state index in [1.54, 1.807) is 0 Å². The molecule has 1 aliphatic heterocycles. The van der Waals surface area contributed by atoms with Gasteiger partial charge in [0.2, 0.25) is 10.0 Å². The van der Waals surface area contributed by atoms with Crippen molar-refractivity contribution < 1.29 is 8.42 Å². The van der Waals surface area contributed by atoms with Gasteiger partial charge in [0.25, 0.3) is 0 Å². The van der Waals surface area contributed by atoms with Crippen LogP contribution in [0.15, 0.2) is 4.99 Å². The molecule has 2 rings (SSSR count). The molecule has 0 aromatic rings. The Kier molecular flexibility index (Phi) is 11.5. The third-order valence-electron chi connectivity index (χ3n) is 5.07. The summed E-state index contributed by atoms with van der Waals surface area (Å²) in [5, 5.41) is 3.30. The Labute approximate surface area is 182 Å². The Balaban J connectivity index is 0.00000364. The number of hydrogen-bond acceptors (Lipinski definition) is 4. The van der Waals surface area contributed by atoms with Crippen LogP contribution in [0, 0.1) is 11.8 Å². The normalized spacial score (nSPS) is 19.7. The first-order chi connectivity index (χ1) is 12.4. The van der Waals surface area contributed by atoms with E-state index in [0.717, 1.165) is 58.1 Å². The quantitative estimate of drug-likeness (QED) is 0.277. The van der Waals surface area contributed by atoms with Gasteiger partial charge >= 0.3 is 0 Å². The lowest BCUT2D eigenvalue weighted by atomic mass is 9.86. The molecular weight excluding hydrogens is 477 g/mol. The third kappa shape index (κ3) is 9.27. The van der Waals surface area contributed by atoms with Gasteiger partial charge in [-0.05, 0) is 31.6 Å². The molecule has 0 aromatic carbocycles. The minimum Gasteiger partial charge on any atom is -0.357 e. The summed E-state index contributed by atoms with van der Waals surface area (Å²) in [6.45, 7) is 13.3. The van der Waals surface area contributed by atoms with Crippen LogP contribution in [0.1, 0.15) is 40.0 Å². The van der Waals surface area contributed by atoms with Crippen LogP contribution < -0.4 is 10.0 Å². The van der Waals surface area contributed by atoms with Gasteiger partial charge in [-0.3, -0.25) is 9.89 Å². The number of halogens is 1. The van der Waals surface area contributed by atoms with E-state index in [9.17, 15) is 8.42 Å². The highest BCUT2D eigenvalue weighted by atomic mass is 127. The number of guanidine groups is 1. The van der Waals surface area contributed by atoms with Gasteiger partial charge < -0.3 is 10.2 Å². The zero-order valence-electron chi connectivity index (χ0n) is 17.1. The summed E-state index contributed by atoms with van der Waals surface area (Å²) in [5.41, 5.74) is 0. The first-order valence-corrected chi connectivity index (χ1v) is 11.8. The van der Waals surface area contributed by atoms with E-state index in [2.05, 4.69) is 38.7 Å². The number of nitrogens with one attached hydrogen (secondary N) is 2. The molecule has 1 saturated heterocycles. The van der Waals surface area contributed by atoms with Crippen molar-refractivity contribution in [3.8, 4) is 0 Å². The first-order valence-electron chi connectivity index (χ1n) is 10.1. The average Bonchev–Trinajstić information content (AvgIpc) is 2.52. The van der Waals surface area contributed by atoms with E-state index in [4.69, 9.17) is 0 Å². The van der Waals surface area contributed by atoms with Gasteiger partial charge in [0.1, 0.15) is 0 Å². The van der Waals surface area contributed by atoms with Crippen LogP contribution in [0.4, 0.5) is 0 Å². The van der Waals surface area contributed by atoms with Crippen LogP contribution in [-0.4, -0.2) is 82.3 Å². The predicted molar refractivity (Wildman–Crippen MR) is 123 cm³/mol. The van der Waals surface area contributed by atoms with Crippen LogP contribution >= 0.6 is 24.0 Å². The molecule has 9 heteroatoms. The Morgan fingerprint density at radius 2 is 1.85 bits per heavy atom. The fraction of sp³-hybridized carbons (Fsp3) is 0.944. The number of aliphatic imine (C=N–C) groups is 1. The fourth-order valence-electron chi connectivity index (χ4n) is 3.37. The van der Waals surface area contributed by atoms with Crippen molar-refractivity contribution >= 4 is 40.0 Å². The summed E-state index contributed by atoms with van der Waals surface area (Å²) in [4.78, 5) is 9.29. The highest BCUT2D eigenvalue weighted by Crippen LogP contribution is 2.25. The van der Waals surface area contributed by atoms with Crippen molar-refractivity contribution in [1.82, 2.24) is 19.8 Å². The van der Waals surface area contributed by atoms with Gasteiger partial charge in [-0.25, -0.2) is 13.1 Å². The monoisotopic (exact) mass is 515 g/mol. The highest BCUT2D eigenvalue weighted by Gasteiger charge is 2.21. The summed E-state index contributed by atoms with van der Waals surface area (Å²) in [5.74, 6) is 2.11. The van der Waals surface area contributed by atoms with E-state index in [-0.39, 0.29) is 29.7 Å². The van der Waals surface area contributed by atoms with Crippen molar-refractivity contribution in [2.45, 2.75) is 40.0 Å². The molecule has 0 aromatic heterocycles. The van der Waals surface area contributed by atoms with Crippen LogP contribution in [0.5, 0.6) is 0 Å². The Morgan fingerprint density at radius 1 is 1.19 bits per heavy atom. The smallest absolute Gasteiger partial charge is 0.213 e. The summed E-state index contributed by atoms with van der Waals surface area (Å²) in [6.07, 6.45) is 3.52. The molecule has 27 heavy (non-hydrogen) atoms. The molecule has 0 unspecified atom stereocenters. The molecule has 0 atom stereocenters. The second-order valence-corrected chi connectivity index (χ2v) is 9.81. The molecule has 0 radical (unpaired) electrons. The third-order valence-corrected chi connectivity index (χ3v) is 6.39. The van der Waals surface area contributed by atoms with Gasteiger partial charge in [0.15, 0.2) is 5.96 Å². The SMILES string of the molecule is CCNC(=NCCS(=O)(=O)NCC1CCC1)N1CCN(CC(C)C)CC1.I. The molecule has 2 N–H and O–H groups in total. The summed E-state index contributed by atoms with van der Waals surface area (Å²) in [7, 11) is -3.23. The van der Waals surface area contributed by atoms with E-state index in [1.807, 2.05) is 6.92 Å². The summed E-state index contributed by atoms with van der Waals surface area (Å²) in [6, 6.07) is 0. The molecule has 1 aliphatic carbocycles. The van der Waals surface area contributed by atoms with Crippen LogP contribution in [-0.2, 0) is 10.0 Å². The maximum Gasteiger partial charge on any atom is 0.213 e. The lowest BCUT2D eigenvalue weighted by Crippen LogP contribution is -2.53.